The molecule has 2 N–H and O–H groups in total. The molecule has 3 aromatic rings. The van der Waals surface area contributed by atoms with Crippen LogP contribution in [-0.2, 0) is 10.0 Å². The number of anilines is 2. The van der Waals surface area contributed by atoms with Gasteiger partial charge in [-0.1, -0.05) is 29.6 Å². The molecule has 0 spiro atoms. The molecule has 14 heteroatoms. The van der Waals surface area contributed by atoms with Gasteiger partial charge in [-0.2, -0.15) is 4.98 Å². The lowest BCUT2D eigenvalue weighted by molar-refractivity contribution is -0.0267. The Morgan fingerprint density at radius 2 is 1.83 bits per heavy atom. The molecule has 1 aliphatic heterocycles. The highest BCUT2D eigenvalue weighted by atomic mass is 32.2. The summed E-state index contributed by atoms with van der Waals surface area (Å²) in [5.41, 5.74) is 7.32. The zero-order chi connectivity index (χ0) is 25.0. The average Bonchev–Trinajstić information content (AvgIpc) is 3.42. The van der Waals surface area contributed by atoms with Gasteiger partial charge in [0.1, 0.15) is 28.5 Å². The number of aromatic nitrogens is 2. The van der Waals surface area contributed by atoms with Gasteiger partial charge in [-0.15, -0.1) is 0 Å². The van der Waals surface area contributed by atoms with Crippen molar-refractivity contribution in [3.05, 3.63) is 30.0 Å². The second kappa shape index (κ2) is 8.09. The predicted octanol–water partition coefficient (Wildman–Crippen LogP) is 3.46. The molecule has 2 fully saturated rings. The maximum atomic E-state index is 13.4. The number of halogens is 2. The quantitative estimate of drug-likeness (QED) is 0.458. The van der Waals surface area contributed by atoms with E-state index in [0.29, 0.717) is 12.8 Å². The fraction of sp³-hybridized carbons (Fsp3) is 0.429. The van der Waals surface area contributed by atoms with Gasteiger partial charge in [0, 0.05) is 6.07 Å². The third-order valence-corrected chi connectivity index (χ3v) is 7.21. The highest BCUT2D eigenvalue weighted by Crippen LogP contribution is 2.43. The third kappa shape index (κ3) is 4.38. The number of pyridine rings is 1. The maximum absolute atomic E-state index is 13.4. The van der Waals surface area contributed by atoms with Crippen LogP contribution in [0.1, 0.15) is 12.8 Å². The standard InChI is InChI=1S/C21H22F2N5O6S/c1-31-12-4-3-5-13(32-2)17(12)35(29,30)27-18-16-14(33-11-20(24)6-7-20)8-15(25-19(16)34-26-18)28-9-21(22,23)10-28/h3-5,8,24H,6-7,9-11H2,1-2H3,(H,26,27)/q-1. The first-order chi connectivity index (χ1) is 16.5. The van der Waals surface area contributed by atoms with Crippen LogP contribution in [0, 0.1) is 0 Å². The van der Waals surface area contributed by atoms with Crippen LogP contribution in [0.2, 0.25) is 0 Å². The number of hydrogen-bond donors (Lipinski definition) is 1. The number of fused-ring (bicyclic) bond motifs is 1. The van der Waals surface area contributed by atoms with Crippen molar-refractivity contribution in [1.29, 1.82) is 0 Å². The van der Waals surface area contributed by atoms with Crippen LogP contribution in [0.4, 0.5) is 20.4 Å². The fourth-order valence-electron chi connectivity index (χ4n) is 3.70. The van der Waals surface area contributed by atoms with E-state index in [0.717, 1.165) is 0 Å². The van der Waals surface area contributed by atoms with E-state index in [4.69, 9.17) is 24.5 Å². The van der Waals surface area contributed by atoms with Crippen LogP contribution in [0.5, 0.6) is 17.2 Å². The van der Waals surface area contributed by atoms with Crippen LogP contribution in [0.3, 0.4) is 0 Å². The van der Waals surface area contributed by atoms with Crippen LogP contribution in [0.25, 0.3) is 16.8 Å². The van der Waals surface area contributed by atoms with Crippen LogP contribution in [-0.4, -0.2) is 63.9 Å². The van der Waals surface area contributed by atoms with Gasteiger partial charge in [0.2, 0.25) is 0 Å². The molecule has 2 aromatic heterocycles. The van der Waals surface area contributed by atoms with Crippen molar-refractivity contribution in [2.45, 2.75) is 29.2 Å². The Balaban J connectivity index is 1.55. The van der Waals surface area contributed by atoms with Gasteiger partial charge >= 0.3 is 0 Å². The van der Waals surface area contributed by atoms with Crippen molar-refractivity contribution < 1.29 is 35.9 Å². The van der Waals surface area contributed by atoms with Crippen molar-refractivity contribution in [2.75, 3.05) is 43.5 Å². The summed E-state index contributed by atoms with van der Waals surface area (Å²) in [4.78, 5) is 5.32. The molecule has 0 radical (unpaired) electrons. The summed E-state index contributed by atoms with van der Waals surface area (Å²) < 4.78 is 77.3. The van der Waals surface area contributed by atoms with Gasteiger partial charge in [-0.05, 0) is 12.1 Å². The minimum Gasteiger partial charge on any atom is -0.669 e. The molecule has 0 amide bonds. The Labute approximate surface area is 199 Å². The number of alkyl halides is 2. The van der Waals surface area contributed by atoms with E-state index in [2.05, 4.69) is 14.9 Å². The molecule has 0 atom stereocenters. The molecule has 1 aromatic carbocycles. The second-order valence-electron chi connectivity index (χ2n) is 8.57. The van der Waals surface area contributed by atoms with Gasteiger partial charge < -0.3 is 29.4 Å². The summed E-state index contributed by atoms with van der Waals surface area (Å²) in [6.07, 6.45) is 1.31. The van der Waals surface area contributed by atoms with E-state index in [1.54, 1.807) is 6.07 Å². The molecule has 1 saturated heterocycles. The number of rotatable bonds is 9. The Hall–Kier alpha value is -3.39. The normalized spacial score (nSPS) is 18.1. The molecule has 2 aliphatic rings. The first-order valence-corrected chi connectivity index (χ1v) is 12.1. The Kier molecular flexibility index (Phi) is 5.40. The summed E-state index contributed by atoms with van der Waals surface area (Å²) in [6.45, 7) is -1.01. The van der Waals surface area contributed by atoms with Gasteiger partial charge in [-0.25, -0.2) is 17.2 Å². The Bertz CT molecular complexity index is 1360. The molecule has 0 unspecified atom stereocenters. The van der Waals surface area contributed by atoms with Crippen molar-refractivity contribution in [1.82, 2.24) is 10.1 Å². The van der Waals surface area contributed by atoms with Gasteiger partial charge in [0.25, 0.3) is 21.7 Å². The average molecular weight is 510 g/mol. The lowest BCUT2D eigenvalue weighted by Gasteiger charge is -2.39. The summed E-state index contributed by atoms with van der Waals surface area (Å²) in [7, 11) is -1.65. The molecule has 1 aliphatic carbocycles. The minimum absolute atomic E-state index is 0.0272. The van der Waals surface area contributed by atoms with E-state index in [-0.39, 0.29) is 51.5 Å². The zero-order valence-electron chi connectivity index (χ0n) is 18.8. The fourth-order valence-corrected chi connectivity index (χ4v) is 5.03. The summed E-state index contributed by atoms with van der Waals surface area (Å²) >= 11 is 0. The maximum Gasteiger partial charge on any atom is 0.282 e. The highest BCUT2D eigenvalue weighted by Gasteiger charge is 2.45. The summed E-state index contributed by atoms with van der Waals surface area (Å²) in [5, 5.41) is 3.91. The van der Waals surface area contributed by atoms with Crippen molar-refractivity contribution in [3.8, 4) is 17.2 Å². The predicted molar refractivity (Wildman–Crippen MR) is 121 cm³/mol. The first kappa shape index (κ1) is 23.4. The van der Waals surface area contributed by atoms with Gasteiger partial charge in [-0.3, -0.25) is 4.72 Å². The number of benzene rings is 1. The molecule has 35 heavy (non-hydrogen) atoms. The molecule has 5 rings (SSSR count). The molecule has 11 nitrogen and oxygen atoms in total. The number of ether oxygens (including phenoxy) is 3. The molecule has 3 heterocycles. The Morgan fingerprint density at radius 1 is 1.17 bits per heavy atom. The van der Waals surface area contributed by atoms with E-state index in [9.17, 15) is 17.2 Å². The molecule has 1 saturated carbocycles. The number of methoxy groups -OCH3 is 2. The smallest absolute Gasteiger partial charge is 0.282 e. The lowest BCUT2D eigenvalue weighted by Crippen LogP contribution is -2.56. The number of nitrogens with one attached hydrogen (secondary N) is 2. The van der Waals surface area contributed by atoms with E-state index in [1.165, 1.54) is 37.3 Å². The van der Waals surface area contributed by atoms with Gasteiger partial charge in [0.05, 0.1) is 33.9 Å². The van der Waals surface area contributed by atoms with E-state index >= 15 is 0 Å². The van der Waals surface area contributed by atoms with E-state index in [1.807, 2.05) is 0 Å². The van der Waals surface area contributed by atoms with Crippen molar-refractivity contribution >= 4 is 32.8 Å². The topological polar surface area (TPSA) is 140 Å². The number of nitrogens with zero attached hydrogens (tertiary/aromatic N) is 3. The molecule has 188 valence electrons. The van der Waals surface area contributed by atoms with Crippen LogP contribution < -0.4 is 23.8 Å². The largest absolute Gasteiger partial charge is 0.669 e. The van der Waals surface area contributed by atoms with Gasteiger partial charge in [0.15, 0.2) is 10.7 Å². The number of sulfonamides is 1. The lowest BCUT2D eigenvalue weighted by atomic mass is 10.1. The van der Waals surface area contributed by atoms with Crippen molar-refractivity contribution in [2.24, 2.45) is 0 Å². The summed E-state index contributed by atoms with van der Waals surface area (Å²) in [5.74, 6) is -2.66. The minimum atomic E-state index is -4.30. The van der Waals surface area contributed by atoms with Crippen LogP contribution in [0.15, 0.2) is 33.7 Å². The van der Waals surface area contributed by atoms with Crippen molar-refractivity contribution in [3.63, 3.8) is 0 Å². The zero-order valence-corrected chi connectivity index (χ0v) is 19.6. The number of hydrogen-bond acceptors (Lipinski definition) is 9. The molecular weight excluding hydrogens is 488 g/mol. The monoisotopic (exact) mass is 510 g/mol. The second-order valence-corrected chi connectivity index (χ2v) is 10.2. The molecular formula is C21H22F2N5O6S-. The Morgan fingerprint density at radius 3 is 2.40 bits per heavy atom. The SMILES string of the molecule is COc1cccc(OC)c1S(=O)(=O)Nc1noc2nc(N3CC(F)(F)C3)cc(OCC3([NH-])CC3)c12. The highest BCUT2D eigenvalue weighted by molar-refractivity contribution is 7.93. The van der Waals surface area contributed by atoms with Crippen LogP contribution >= 0.6 is 0 Å². The molecule has 0 bridgehead atoms. The first-order valence-electron chi connectivity index (χ1n) is 10.6. The summed E-state index contributed by atoms with van der Waals surface area (Å²) in [6, 6.07) is 5.93. The third-order valence-electron chi connectivity index (χ3n) is 5.81. The van der Waals surface area contributed by atoms with E-state index < -0.39 is 34.6 Å².